The number of hydrogen-bond acceptors (Lipinski definition) is 5. The second kappa shape index (κ2) is 5.87. The summed E-state index contributed by atoms with van der Waals surface area (Å²) in [5, 5.41) is 7.41. The zero-order valence-electron chi connectivity index (χ0n) is 14.4. The van der Waals surface area contributed by atoms with E-state index in [9.17, 15) is 9.59 Å². The summed E-state index contributed by atoms with van der Waals surface area (Å²) >= 11 is 0. The second-order valence-corrected chi connectivity index (χ2v) is 6.50. The molecule has 0 spiro atoms. The molecule has 0 saturated heterocycles. The van der Waals surface area contributed by atoms with Gasteiger partial charge in [0.25, 0.3) is 0 Å². The van der Waals surface area contributed by atoms with Crippen molar-refractivity contribution in [3.63, 3.8) is 0 Å². The number of fused-ring (bicyclic) bond motifs is 2. The first-order chi connectivity index (χ1) is 12.4. The fourth-order valence-electron chi connectivity index (χ4n) is 2.92. The first kappa shape index (κ1) is 16.1. The molecular formula is C19H17N3O4. The Hall–Kier alpha value is -3.35. The average Bonchev–Trinajstić information content (AvgIpc) is 2.91. The minimum Gasteiger partial charge on any atom is -0.449 e. The van der Waals surface area contributed by atoms with Crippen LogP contribution in [-0.2, 0) is 11.3 Å². The molecule has 4 rings (SSSR count). The Morgan fingerprint density at radius 1 is 1.15 bits per heavy atom. The van der Waals surface area contributed by atoms with Crippen molar-refractivity contribution in [2.45, 2.75) is 26.2 Å². The monoisotopic (exact) mass is 351 g/mol. The third-order valence-corrected chi connectivity index (χ3v) is 3.99. The minimum atomic E-state index is -0.719. The minimum absolute atomic E-state index is 0.0132. The largest absolute Gasteiger partial charge is 0.449 e. The normalized spacial score (nSPS) is 14.4. The van der Waals surface area contributed by atoms with Crippen LogP contribution in [-0.4, -0.2) is 21.5 Å². The number of benzene rings is 2. The summed E-state index contributed by atoms with van der Waals surface area (Å²) in [6, 6.07) is 12.3. The highest BCUT2D eigenvalue weighted by Gasteiger charge is 2.31. The third kappa shape index (κ3) is 2.99. The van der Waals surface area contributed by atoms with Crippen LogP contribution in [0.2, 0.25) is 0 Å². The summed E-state index contributed by atoms with van der Waals surface area (Å²) in [4.78, 5) is 24.3. The van der Waals surface area contributed by atoms with Crippen LogP contribution >= 0.6 is 0 Å². The van der Waals surface area contributed by atoms with Crippen LogP contribution in [0.15, 0.2) is 53.5 Å². The van der Waals surface area contributed by atoms with Crippen molar-refractivity contribution < 1.29 is 14.3 Å². The highest BCUT2D eigenvalue weighted by Crippen LogP contribution is 2.40. The molecule has 2 heterocycles. The number of nitrogens with zero attached hydrogens (tertiary/aromatic N) is 2. The van der Waals surface area contributed by atoms with Crippen molar-refractivity contribution in [2.24, 2.45) is 0 Å². The molecule has 1 aliphatic heterocycles. The quantitative estimate of drug-likeness (QED) is 0.784. The van der Waals surface area contributed by atoms with Gasteiger partial charge < -0.3 is 14.8 Å². The lowest BCUT2D eigenvalue weighted by molar-refractivity contribution is -0.116. The van der Waals surface area contributed by atoms with Crippen molar-refractivity contribution >= 4 is 22.5 Å². The molecule has 1 aromatic heterocycles. The predicted octanol–water partition coefficient (Wildman–Crippen LogP) is 2.54. The molecule has 1 N–H and O–H groups in total. The standard InChI is InChI=1S/C19H17N3O4/c1-19(2)25-16-8-7-12(9-17(16)26-19)21-18(24)11-22-14-6-4-3-5-13(14)15(23)10-20-22/h3-10H,11H2,1-2H3,(H,21,24). The molecule has 0 radical (unpaired) electrons. The fraction of sp³-hybridized carbons (Fsp3) is 0.211. The Labute approximate surface area is 149 Å². The Balaban J connectivity index is 1.54. The van der Waals surface area contributed by atoms with E-state index in [4.69, 9.17) is 9.47 Å². The molecule has 0 aliphatic carbocycles. The molecule has 0 saturated carbocycles. The summed E-state index contributed by atoms with van der Waals surface area (Å²) in [5.74, 6) is 0.245. The van der Waals surface area contributed by atoms with Gasteiger partial charge >= 0.3 is 0 Å². The second-order valence-electron chi connectivity index (χ2n) is 6.50. The SMILES string of the molecule is CC1(C)Oc2ccc(NC(=O)Cn3ncc(=O)c4ccccc43)cc2O1. The average molecular weight is 351 g/mol. The topological polar surface area (TPSA) is 82.5 Å². The van der Waals surface area contributed by atoms with Gasteiger partial charge in [-0.1, -0.05) is 12.1 Å². The van der Waals surface area contributed by atoms with Gasteiger partial charge in [-0.15, -0.1) is 0 Å². The Morgan fingerprint density at radius 2 is 1.92 bits per heavy atom. The maximum absolute atomic E-state index is 12.4. The molecule has 7 heteroatoms. The lowest BCUT2D eigenvalue weighted by Gasteiger charge is -2.16. The van der Waals surface area contributed by atoms with Gasteiger partial charge in [0.1, 0.15) is 6.54 Å². The number of rotatable bonds is 3. The van der Waals surface area contributed by atoms with Gasteiger partial charge in [-0.2, -0.15) is 5.10 Å². The number of carbonyl (C=O) groups is 1. The number of aromatic nitrogens is 2. The van der Waals surface area contributed by atoms with Gasteiger partial charge in [0.15, 0.2) is 11.5 Å². The van der Waals surface area contributed by atoms with Crippen LogP contribution < -0.4 is 20.2 Å². The van der Waals surface area contributed by atoms with E-state index in [1.54, 1.807) is 42.5 Å². The zero-order chi connectivity index (χ0) is 18.3. The zero-order valence-corrected chi connectivity index (χ0v) is 14.4. The van der Waals surface area contributed by atoms with E-state index >= 15 is 0 Å². The number of ether oxygens (including phenoxy) is 2. The molecule has 7 nitrogen and oxygen atoms in total. The number of hydrogen-bond donors (Lipinski definition) is 1. The van der Waals surface area contributed by atoms with Crippen LogP contribution in [0.25, 0.3) is 10.9 Å². The van der Waals surface area contributed by atoms with E-state index in [0.717, 1.165) is 0 Å². The molecule has 0 bridgehead atoms. The Morgan fingerprint density at radius 3 is 2.77 bits per heavy atom. The molecule has 3 aromatic rings. The summed E-state index contributed by atoms with van der Waals surface area (Å²) in [6.45, 7) is 3.62. The van der Waals surface area contributed by atoms with Gasteiger partial charge in [-0.3, -0.25) is 14.3 Å². The number of para-hydroxylation sites is 1. The van der Waals surface area contributed by atoms with Crippen LogP contribution in [0.4, 0.5) is 5.69 Å². The molecule has 2 aromatic carbocycles. The fourth-order valence-corrected chi connectivity index (χ4v) is 2.92. The first-order valence-electron chi connectivity index (χ1n) is 8.18. The molecular weight excluding hydrogens is 334 g/mol. The summed E-state index contributed by atoms with van der Waals surface area (Å²) in [7, 11) is 0. The van der Waals surface area contributed by atoms with Crippen molar-refractivity contribution in [2.75, 3.05) is 5.32 Å². The molecule has 132 valence electrons. The highest BCUT2D eigenvalue weighted by molar-refractivity contribution is 5.92. The van der Waals surface area contributed by atoms with Gasteiger partial charge in [0, 0.05) is 31.0 Å². The van der Waals surface area contributed by atoms with Crippen molar-refractivity contribution in [3.05, 3.63) is 58.9 Å². The van der Waals surface area contributed by atoms with Crippen LogP contribution in [0.1, 0.15) is 13.8 Å². The highest BCUT2D eigenvalue weighted by atomic mass is 16.7. The van der Waals surface area contributed by atoms with E-state index in [1.807, 2.05) is 13.8 Å². The van der Waals surface area contributed by atoms with E-state index in [1.165, 1.54) is 10.9 Å². The molecule has 0 unspecified atom stereocenters. The van der Waals surface area contributed by atoms with Gasteiger partial charge in [0.2, 0.25) is 17.1 Å². The van der Waals surface area contributed by atoms with Gasteiger partial charge in [-0.25, -0.2) is 0 Å². The molecule has 0 atom stereocenters. The van der Waals surface area contributed by atoms with Crippen molar-refractivity contribution in [3.8, 4) is 11.5 Å². The summed E-state index contributed by atoms with van der Waals surface area (Å²) in [6.07, 6.45) is 1.22. The van der Waals surface area contributed by atoms with Crippen molar-refractivity contribution in [1.82, 2.24) is 9.78 Å². The summed E-state index contributed by atoms with van der Waals surface area (Å²) < 4.78 is 12.8. The van der Waals surface area contributed by atoms with Gasteiger partial charge in [-0.05, 0) is 24.3 Å². The van der Waals surface area contributed by atoms with Crippen LogP contribution in [0, 0.1) is 0 Å². The maximum Gasteiger partial charge on any atom is 0.246 e. The molecule has 0 fully saturated rings. The predicted molar refractivity (Wildman–Crippen MR) is 96.4 cm³/mol. The number of anilines is 1. The Kier molecular flexibility index (Phi) is 3.64. The van der Waals surface area contributed by atoms with E-state index in [0.29, 0.717) is 28.1 Å². The van der Waals surface area contributed by atoms with Gasteiger partial charge in [0.05, 0.1) is 11.7 Å². The third-order valence-electron chi connectivity index (χ3n) is 3.99. The number of carbonyl (C=O) groups excluding carboxylic acids is 1. The van der Waals surface area contributed by atoms with Crippen LogP contribution in [0.5, 0.6) is 11.5 Å². The Bertz CT molecular complexity index is 1070. The number of amides is 1. The number of nitrogens with one attached hydrogen (secondary N) is 1. The molecule has 1 aliphatic rings. The molecule has 1 amide bonds. The lowest BCUT2D eigenvalue weighted by Crippen LogP contribution is -2.29. The molecule has 26 heavy (non-hydrogen) atoms. The maximum atomic E-state index is 12.4. The smallest absolute Gasteiger partial charge is 0.246 e. The van der Waals surface area contributed by atoms with Crippen molar-refractivity contribution in [1.29, 1.82) is 0 Å². The lowest BCUT2D eigenvalue weighted by atomic mass is 10.2. The van der Waals surface area contributed by atoms with E-state index in [-0.39, 0.29) is 17.9 Å². The van der Waals surface area contributed by atoms with Crippen LogP contribution in [0.3, 0.4) is 0 Å². The first-order valence-corrected chi connectivity index (χ1v) is 8.18. The summed E-state index contributed by atoms with van der Waals surface area (Å²) in [5.41, 5.74) is 1.04. The van der Waals surface area contributed by atoms with E-state index < -0.39 is 5.79 Å². The van der Waals surface area contributed by atoms with E-state index in [2.05, 4.69) is 10.4 Å².